The number of carbonyl (C=O) groups is 2. The van der Waals surface area contributed by atoms with Crippen molar-refractivity contribution in [2.45, 2.75) is 83.4 Å². The summed E-state index contributed by atoms with van der Waals surface area (Å²) in [6, 6.07) is 3.86. The maximum atomic E-state index is 12.8. The van der Waals surface area contributed by atoms with Crippen LogP contribution in [0.2, 0.25) is 0 Å². The summed E-state index contributed by atoms with van der Waals surface area (Å²) in [6.45, 7) is 16.5. The molecule has 1 aliphatic rings. The molecule has 226 valence electrons. The highest BCUT2D eigenvalue weighted by Gasteiger charge is 2.32. The lowest BCUT2D eigenvalue weighted by Gasteiger charge is -2.36. The van der Waals surface area contributed by atoms with Gasteiger partial charge in [-0.05, 0) is 57.6 Å². The van der Waals surface area contributed by atoms with E-state index < -0.39 is 0 Å². The van der Waals surface area contributed by atoms with Gasteiger partial charge in [0.05, 0.1) is 5.52 Å². The number of unbranched alkanes of at least 4 members (excludes halogenated alkanes) is 2. The quantitative estimate of drug-likeness (QED) is 0.138. The number of benzene rings is 1. The summed E-state index contributed by atoms with van der Waals surface area (Å²) in [6.07, 6.45) is 3.92. The van der Waals surface area contributed by atoms with Crippen molar-refractivity contribution in [3.05, 3.63) is 17.7 Å². The van der Waals surface area contributed by atoms with E-state index in [1.807, 2.05) is 17.0 Å². The van der Waals surface area contributed by atoms with Crippen LogP contribution in [0.3, 0.4) is 0 Å². The Morgan fingerprint density at radius 1 is 1.07 bits per heavy atom. The predicted octanol–water partition coefficient (Wildman–Crippen LogP) is 3.47. The third kappa shape index (κ3) is 9.57. The molecule has 10 nitrogen and oxygen atoms in total. The number of rotatable bonds is 11. The zero-order chi connectivity index (χ0) is 28.8. The maximum absolute atomic E-state index is 12.8. The van der Waals surface area contributed by atoms with Crippen molar-refractivity contribution >= 4 is 40.2 Å². The average molecular weight is 580 g/mol. The fourth-order valence-electron chi connectivity index (χ4n) is 5.01. The fraction of sp³-hybridized carbons (Fsp3) is 0.655. The Kier molecular flexibility index (Phi) is 12.2. The Morgan fingerprint density at radius 3 is 2.35 bits per heavy atom. The normalized spacial score (nSPS) is 14.4. The molecule has 0 aliphatic carbocycles. The number of hydrogen-bond donors (Lipinski definition) is 4. The topological polar surface area (TPSA) is 154 Å². The van der Waals surface area contributed by atoms with Crippen molar-refractivity contribution in [3.8, 4) is 5.75 Å². The van der Waals surface area contributed by atoms with Crippen LogP contribution in [0.4, 0.5) is 5.69 Å². The predicted molar refractivity (Wildman–Crippen MR) is 162 cm³/mol. The van der Waals surface area contributed by atoms with Crippen LogP contribution in [0.5, 0.6) is 5.75 Å². The summed E-state index contributed by atoms with van der Waals surface area (Å²) >= 11 is 1.23. The van der Waals surface area contributed by atoms with Gasteiger partial charge in [-0.25, -0.2) is 5.90 Å². The third-order valence-electron chi connectivity index (χ3n) is 6.72. The number of nitrogens with zero attached hydrogens (tertiary/aromatic N) is 2. The molecular weight excluding hydrogens is 530 g/mol. The average Bonchev–Trinajstić information content (AvgIpc) is 3.15. The number of nitrogens with one attached hydrogen (secondary N) is 2. The van der Waals surface area contributed by atoms with Crippen molar-refractivity contribution in [1.82, 2.24) is 15.2 Å². The molecule has 11 heteroatoms. The summed E-state index contributed by atoms with van der Waals surface area (Å²) in [7, 11) is 0. The first-order valence-electron chi connectivity index (χ1n) is 14.0. The molecule has 2 amide bonds. The number of aromatic amines is 1. The first-order chi connectivity index (χ1) is 18.3. The zero-order valence-electron chi connectivity index (χ0n) is 25.0. The number of hydrogen-bond acceptors (Lipinski definition) is 7. The molecule has 1 aromatic heterocycles. The summed E-state index contributed by atoms with van der Waals surface area (Å²) in [5, 5.41) is 16.1. The SMILES string of the molecule is CC(C)(C)Cc1c([SH+]C(C)(C)C)[nH]c2c(N3CCN(C(=O)CCCCCNC(=O)CON)CC3)c(O)ccc12.[OH-]. The van der Waals surface area contributed by atoms with Gasteiger partial charge in [0.1, 0.15) is 22.8 Å². The number of aromatic nitrogens is 1. The van der Waals surface area contributed by atoms with Gasteiger partial charge in [0.25, 0.3) is 0 Å². The van der Waals surface area contributed by atoms with Crippen molar-refractivity contribution in [3.63, 3.8) is 0 Å². The second-order valence-electron chi connectivity index (χ2n) is 12.7. The maximum Gasteiger partial charge on any atom is 0.248 e. The summed E-state index contributed by atoms with van der Waals surface area (Å²) < 4.78 is 0.106. The monoisotopic (exact) mass is 579 g/mol. The van der Waals surface area contributed by atoms with Gasteiger partial charge in [-0.2, -0.15) is 0 Å². The van der Waals surface area contributed by atoms with E-state index in [1.54, 1.807) is 0 Å². The van der Waals surface area contributed by atoms with Crippen LogP contribution in [0.25, 0.3) is 10.9 Å². The second-order valence-corrected chi connectivity index (χ2v) is 14.7. The van der Waals surface area contributed by atoms with Crippen LogP contribution in [-0.2, 0) is 32.6 Å². The molecule has 0 radical (unpaired) electrons. The molecule has 1 fully saturated rings. The van der Waals surface area contributed by atoms with Crippen molar-refractivity contribution in [2.75, 3.05) is 44.2 Å². The third-order valence-corrected chi connectivity index (χ3v) is 7.99. The number of nitrogens with two attached hydrogens (primary N) is 1. The van der Waals surface area contributed by atoms with Gasteiger partial charge in [-0.1, -0.05) is 27.2 Å². The lowest BCUT2D eigenvalue weighted by Crippen LogP contribution is -2.48. The molecule has 1 aromatic carbocycles. The molecule has 40 heavy (non-hydrogen) atoms. The summed E-state index contributed by atoms with van der Waals surface area (Å²) in [5.74, 6) is 5.09. The Hall–Kier alpha value is -2.47. The minimum Gasteiger partial charge on any atom is -0.870 e. The van der Waals surface area contributed by atoms with Crippen molar-refractivity contribution in [1.29, 1.82) is 0 Å². The van der Waals surface area contributed by atoms with Gasteiger partial charge in [-0.3, -0.25) is 14.4 Å². The van der Waals surface area contributed by atoms with Crippen LogP contribution >= 0.6 is 0 Å². The largest absolute Gasteiger partial charge is 0.870 e. The van der Waals surface area contributed by atoms with Gasteiger partial charge in [-0.15, -0.1) is 0 Å². The number of phenols is 1. The highest BCUT2D eigenvalue weighted by atomic mass is 32.2. The molecule has 0 saturated carbocycles. The van der Waals surface area contributed by atoms with Crippen LogP contribution in [0, 0.1) is 5.41 Å². The molecule has 1 saturated heterocycles. The van der Waals surface area contributed by atoms with Crippen LogP contribution in [0.15, 0.2) is 17.2 Å². The number of piperazine rings is 1. The minimum atomic E-state index is -0.233. The Morgan fingerprint density at radius 2 is 1.75 bits per heavy atom. The molecule has 0 atom stereocenters. The lowest BCUT2D eigenvalue weighted by atomic mass is 9.88. The Labute approximate surface area is 242 Å². The molecule has 3 rings (SSSR count). The van der Waals surface area contributed by atoms with Crippen molar-refractivity contribution < 1.29 is 25.0 Å². The highest BCUT2D eigenvalue weighted by Crippen LogP contribution is 2.41. The zero-order valence-corrected chi connectivity index (χ0v) is 25.9. The Bertz CT molecular complexity index is 1130. The first-order valence-corrected chi connectivity index (χ1v) is 14.9. The number of amides is 2. The number of carbonyl (C=O) groups excluding carboxylic acids is 2. The van der Waals surface area contributed by atoms with Crippen LogP contribution in [0.1, 0.15) is 72.8 Å². The molecule has 1 aliphatic heterocycles. The van der Waals surface area contributed by atoms with E-state index in [1.165, 1.54) is 27.7 Å². The first kappa shape index (κ1) is 33.7. The van der Waals surface area contributed by atoms with E-state index >= 15 is 0 Å². The molecule has 0 spiro atoms. The highest BCUT2D eigenvalue weighted by molar-refractivity contribution is 7.80. The Balaban J connectivity index is 0.00000560. The van der Waals surface area contributed by atoms with Gasteiger partial charge in [0.2, 0.25) is 16.8 Å². The summed E-state index contributed by atoms with van der Waals surface area (Å²) in [4.78, 5) is 36.3. The molecule has 2 aromatic rings. The number of anilines is 1. The van der Waals surface area contributed by atoms with Gasteiger partial charge >= 0.3 is 0 Å². The van der Waals surface area contributed by atoms with E-state index in [0.29, 0.717) is 39.1 Å². The van der Waals surface area contributed by atoms with Crippen LogP contribution < -0.4 is 16.1 Å². The smallest absolute Gasteiger partial charge is 0.248 e. The standard InChI is InChI=1S/C29H47N5O4S.H2O/c1-28(2,3)18-21-20-11-12-22(35)26(25(20)32-27(21)39-29(4,5)6)34-16-14-33(15-17-34)24(37)10-8-7-9-13-31-23(36)19-38-30;/h11-12,32,35H,7-10,13-19,30H2,1-6H3,(H,31,36);1H2. The summed E-state index contributed by atoms with van der Waals surface area (Å²) in [5.41, 5.74) is 3.30. The van der Waals surface area contributed by atoms with E-state index in [2.05, 4.69) is 61.6 Å². The molecule has 0 unspecified atom stereocenters. The van der Waals surface area contributed by atoms with Gasteiger partial charge in [0, 0.05) is 61.9 Å². The number of thiol groups is 1. The van der Waals surface area contributed by atoms with E-state index in [-0.39, 0.29) is 39.8 Å². The van der Waals surface area contributed by atoms with Gasteiger partial charge in [0.15, 0.2) is 0 Å². The number of aromatic hydroxyl groups is 1. The lowest BCUT2D eigenvalue weighted by molar-refractivity contribution is -0.131. The molecular formula is C29H49N5O5S. The van der Waals surface area contributed by atoms with Gasteiger partial charge < -0.3 is 30.7 Å². The molecule has 2 heterocycles. The van der Waals surface area contributed by atoms with Crippen molar-refractivity contribution in [2.24, 2.45) is 11.3 Å². The van der Waals surface area contributed by atoms with Crippen LogP contribution in [-0.4, -0.2) is 76.4 Å². The fourth-order valence-corrected chi connectivity index (χ4v) is 6.18. The number of fused-ring (bicyclic) bond motifs is 1. The minimum absolute atomic E-state index is 0. The molecule has 0 bridgehead atoms. The number of H-pyrrole nitrogens is 1. The van der Waals surface area contributed by atoms with E-state index in [9.17, 15) is 14.7 Å². The molecule has 6 N–H and O–H groups in total. The van der Waals surface area contributed by atoms with E-state index in [0.717, 1.165) is 36.9 Å². The number of phenolic OH excluding ortho intramolecular Hbond substituents is 1. The van der Waals surface area contributed by atoms with E-state index in [4.69, 9.17) is 5.90 Å². The second kappa shape index (κ2) is 14.4.